The van der Waals surface area contributed by atoms with Gasteiger partial charge in [0.2, 0.25) is 0 Å². The van der Waals surface area contributed by atoms with Crippen LogP contribution in [0.15, 0.2) is 30.3 Å². The van der Waals surface area contributed by atoms with Crippen molar-refractivity contribution in [1.29, 1.82) is 0 Å². The van der Waals surface area contributed by atoms with E-state index in [4.69, 9.17) is 10.8 Å². The molecule has 1 heterocycles. The molecule has 88 valence electrons. The van der Waals surface area contributed by atoms with Crippen LogP contribution in [0.1, 0.15) is 17.9 Å². The highest BCUT2D eigenvalue weighted by Crippen LogP contribution is 2.25. The number of hydrogen-bond acceptors (Lipinski definition) is 3. The fourth-order valence-electron chi connectivity index (χ4n) is 2.52. The van der Waals surface area contributed by atoms with Gasteiger partial charge in [0, 0.05) is 25.7 Å². The Bertz CT molecular complexity index is 315. The molecule has 2 rings (SSSR count). The molecule has 3 heteroatoms. The lowest BCUT2D eigenvalue weighted by Crippen LogP contribution is -2.47. The maximum atomic E-state index is 8.98. The first-order valence-corrected chi connectivity index (χ1v) is 5.93. The van der Waals surface area contributed by atoms with Gasteiger partial charge in [0.15, 0.2) is 0 Å². The van der Waals surface area contributed by atoms with E-state index < -0.39 is 0 Å². The average molecular weight is 220 g/mol. The molecule has 1 aromatic rings. The lowest BCUT2D eigenvalue weighted by molar-refractivity contribution is 0.149. The molecule has 1 aliphatic rings. The van der Waals surface area contributed by atoms with Crippen molar-refractivity contribution in [3.8, 4) is 0 Å². The highest BCUT2D eigenvalue weighted by atomic mass is 16.3. The second-order valence-electron chi connectivity index (χ2n) is 4.59. The topological polar surface area (TPSA) is 49.5 Å². The molecule has 0 aliphatic carbocycles. The predicted molar refractivity (Wildman–Crippen MR) is 65.3 cm³/mol. The predicted octanol–water partition coefficient (Wildman–Crippen LogP) is 0.795. The number of likely N-dealkylation sites (tertiary alicyclic amines) is 1. The maximum absolute atomic E-state index is 8.98. The van der Waals surface area contributed by atoms with Crippen LogP contribution in [0.4, 0.5) is 0 Å². The second-order valence-corrected chi connectivity index (χ2v) is 4.59. The first kappa shape index (κ1) is 11.6. The normalized spacial score (nSPS) is 26.9. The van der Waals surface area contributed by atoms with Gasteiger partial charge >= 0.3 is 0 Å². The van der Waals surface area contributed by atoms with E-state index >= 15 is 0 Å². The van der Waals surface area contributed by atoms with Crippen LogP contribution < -0.4 is 5.73 Å². The van der Waals surface area contributed by atoms with Gasteiger partial charge in [-0.15, -0.1) is 0 Å². The van der Waals surface area contributed by atoms with Crippen molar-refractivity contribution in [3.63, 3.8) is 0 Å². The maximum Gasteiger partial charge on any atom is 0.0558 e. The van der Waals surface area contributed by atoms with E-state index in [9.17, 15) is 0 Å². The Kier molecular flexibility index (Phi) is 3.93. The monoisotopic (exact) mass is 220 g/mol. The molecule has 2 unspecified atom stereocenters. The lowest BCUT2D eigenvalue weighted by atomic mass is 9.88. The molecule has 0 saturated carbocycles. The van der Waals surface area contributed by atoms with Gasteiger partial charge in [-0.05, 0) is 17.9 Å². The SMILES string of the molecule is NC1CC(c2ccccc2)CN(CCO)C1. The van der Waals surface area contributed by atoms with Gasteiger partial charge in [0.25, 0.3) is 0 Å². The molecule has 0 amide bonds. The largest absolute Gasteiger partial charge is 0.395 e. The summed E-state index contributed by atoms with van der Waals surface area (Å²) in [7, 11) is 0. The fraction of sp³-hybridized carbons (Fsp3) is 0.538. The summed E-state index contributed by atoms with van der Waals surface area (Å²) in [6.45, 7) is 2.87. The molecular weight excluding hydrogens is 200 g/mol. The first-order valence-electron chi connectivity index (χ1n) is 5.93. The van der Waals surface area contributed by atoms with Crippen LogP contribution in [0, 0.1) is 0 Å². The minimum Gasteiger partial charge on any atom is -0.395 e. The summed E-state index contributed by atoms with van der Waals surface area (Å²) in [5.41, 5.74) is 7.42. The number of β-amino-alcohol motifs (C(OH)–C–C–N with tert-alkyl or cyclic N) is 1. The van der Waals surface area contributed by atoms with E-state index in [0.29, 0.717) is 5.92 Å². The molecule has 1 saturated heterocycles. The fourth-order valence-corrected chi connectivity index (χ4v) is 2.52. The molecule has 1 fully saturated rings. The molecule has 2 atom stereocenters. The Morgan fingerprint density at radius 1 is 1.25 bits per heavy atom. The van der Waals surface area contributed by atoms with Crippen LogP contribution in [0.25, 0.3) is 0 Å². The van der Waals surface area contributed by atoms with Gasteiger partial charge in [-0.2, -0.15) is 0 Å². The molecule has 0 radical (unpaired) electrons. The molecule has 3 N–H and O–H groups in total. The summed E-state index contributed by atoms with van der Waals surface area (Å²) >= 11 is 0. The van der Waals surface area contributed by atoms with E-state index in [1.165, 1.54) is 5.56 Å². The number of aliphatic hydroxyl groups is 1. The zero-order valence-electron chi connectivity index (χ0n) is 9.55. The summed E-state index contributed by atoms with van der Waals surface area (Å²) in [6.07, 6.45) is 1.05. The van der Waals surface area contributed by atoms with E-state index in [1.807, 2.05) is 6.07 Å². The zero-order valence-corrected chi connectivity index (χ0v) is 9.55. The molecule has 1 aromatic carbocycles. The van der Waals surface area contributed by atoms with Crippen molar-refractivity contribution in [3.05, 3.63) is 35.9 Å². The van der Waals surface area contributed by atoms with Gasteiger partial charge < -0.3 is 10.8 Å². The van der Waals surface area contributed by atoms with Gasteiger partial charge in [-0.3, -0.25) is 4.90 Å². The third kappa shape index (κ3) is 2.82. The van der Waals surface area contributed by atoms with Crippen molar-refractivity contribution < 1.29 is 5.11 Å². The van der Waals surface area contributed by atoms with Crippen LogP contribution >= 0.6 is 0 Å². The van der Waals surface area contributed by atoms with Gasteiger partial charge in [0.05, 0.1) is 6.61 Å². The minimum atomic E-state index is 0.216. The van der Waals surface area contributed by atoms with Crippen LogP contribution in [0.3, 0.4) is 0 Å². The van der Waals surface area contributed by atoms with Crippen molar-refractivity contribution in [2.75, 3.05) is 26.2 Å². The van der Waals surface area contributed by atoms with E-state index in [0.717, 1.165) is 26.1 Å². The Morgan fingerprint density at radius 3 is 2.69 bits per heavy atom. The Labute approximate surface area is 96.9 Å². The summed E-state index contributed by atoms with van der Waals surface area (Å²) < 4.78 is 0. The van der Waals surface area contributed by atoms with Gasteiger partial charge in [-0.25, -0.2) is 0 Å². The number of hydrogen-bond donors (Lipinski definition) is 2. The van der Waals surface area contributed by atoms with Gasteiger partial charge in [-0.1, -0.05) is 30.3 Å². The Balaban J connectivity index is 2.04. The first-order chi connectivity index (χ1) is 7.79. The van der Waals surface area contributed by atoms with Gasteiger partial charge in [0.1, 0.15) is 0 Å². The highest BCUT2D eigenvalue weighted by Gasteiger charge is 2.25. The number of rotatable bonds is 3. The van der Waals surface area contributed by atoms with Crippen molar-refractivity contribution in [2.24, 2.45) is 5.73 Å². The molecular formula is C13H20N2O. The van der Waals surface area contributed by atoms with Crippen molar-refractivity contribution in [1.82, 2.24) is 4.90 Å². The van der Waals surface area contributed by atoms with Crippen molar-refractivity contribution >= 4 is 0 Å². The number of nitrogens with two attached hydrogens (primary N) is 1. The lowest BCUT2D eigenvalue weighted by Gasteiger charge is -2.36. The Hall–Kier alpha value is -0.900. The number of piperidine rings is 1. The quantitative estimate of drug-likeness (QED) is 0.792. The molecule has 0 spiro atoms. The third-order valence-corrected chi connectivity index (χ3v) is 3.25. The van der Waals surface area contributed by atoms with Crippen LogP contribution in [0.5, 0.6) is 0 Å². The summed E-state index contributed by atoms with van der Waals surface area (Å²) in [5.74, 6) is 0.511. The van der Waals surface area contributed by atoms with Crippen LogP contribution in [-0.2, 0) is 0 Å². The second kappa shape index (κ2) is 5.43. The van der Waals surface area contributed by atoms with Crippen LogP contribution in [0.2, 0.25) is 0 Å². The highest BCUT2D eigenvalue weighted by molar-refractivity contribution is 5.21. The number of benzene rings is 1. The summed E-state index contributed by atoms with van der Waals surface area (Å²) in [5, 5.41) is 8.98. The average Bonchev–Trinajstić information content (AvgIpc) is 2.30. The molecule has 16 heavy (non-hydrogen) atoms. The molecule has 0 aromatic heterocycles. The minimum absolute atomic E-state index is 0.216. The molecule has 0 bridgehead atoms. The van der Waals surface area contributed by atoms with Crippen molar-refractivity contribution in [2.45, 2.75) is 18.4 Å². The molecule has 3 nitrogen and oxygen atoms in total. The third-order valence-electron chi connectivity index (χ3n) is 3.25. The number of nitrogens with zero attached hydrogens (tertiary/aromatic N) is 1. The molecule has 1 aliphatic heterocycles. The zero-order chi connectivity index (χ0) is 11.4. The van der Waals surface area contributed by atoms with E-state index in [1.54, 1.807) is 0 Å². The van der Waals surface area contributed by atoms with E-state index in [2.05, 4.69) is 29.2 Å². The van der Waals surface area contributed by atoms with Crippen LogP contribution in [-0.4, -0.2) is 42.3 Å². The van der Waals surface area contributed by atoms with E-state index in [-0.39, 0.29) is 12.6 Å². The summed E-state index contributed by atoms with van der Waals surface area (Å²) in [4.78, 5) is 2.26. The smallest absolute Gasteiger partial charge is 0.0558 e. The Morgan fingerprint density at radius 2 is 2.00 bits per heavy atom. The number of aliphatic hydroxyl groups excluding tert-OH is 1. The summed E-state index contributed by atoms with van der Waals surface area (Å²) in [6, 6.07) is 10.8. The standard InChI is InChI=1S/C13H20N2O/c14-13-8-12(9-15(10-13)6-7-16)11-4-2-1-3-5-11/h1-5,12-13,16H,6-10,14H2.